The lowest BCUT2D eigenvalue weighted by atomic mass is 10.0. The summed E-state index contributed by atoms with van der Waals surface area (Å²) < 4.78 is 0. The van der Waals surface area contributed by atoms with Gasteiger partial charge in [0.05, 0.1) is 12.5 Å². The summed E-state index contributed by atoms with van der Waals surface area (Å²) in [6, 6.07) is 8.50. The topological polar surface area (TPSA) is 52.6 Å². The maximum absolute atomic E-state index is 11.8. The molecule has 0 spiro atoms. The van der Waals surface area contributed by atoms with Crippen molar-refractivity contribution in [1.82, 2.24) is 10.2 Å². The molecule has 0 aromatic heterocycles. The van der Waals surface area contributed by atoms with Crippen molar-refractivity contribution < 1.29 is 9.90 Å². The van der Waals surface area contributed by atoms with E-state index in [1.807, 2.05) is 13.8 Å². The first-order valence-corrected chi connectivity index (χ1v) is 9.29. The van der Waals surface area contributed by atoms with E-state index in [1.54, 1.807) is 0 Å². The molecule has 1 aliphatic rings. The van der Waals surface area contributed by atoms with Gasteiger partial charge in [0.15, 0.2) is 0 Å². The number of likely N-dealkylation sites (tertiary alicyclic amines) is 1. The first-order valence-electron chi connectivity index (χ1n) is 9.29. The summed E-state index contributed by atoms with van der Waals surface area (Å²) in [7, 11) is 0. The number of amides is 1. The summed E-state index contributed by atoms with van der Waals surface area (Å²) in [6.45, 7) is 7.79. The molecule has 0 aliphatic carbocycles. The Balaban J connectivity index is 1.76. The molecule has 0 radical (unpaired) electrons. The van der Waals surface area contributed by atoms with Crippen molar-refractivity contribution in [2.45, 2.75) is 65.1 Å². The minimum absolute atomic E-state index is 0.0927. The molecule has 4 nitrogen and oxygen atoms in total. The van der Waals surface area contributed by atoms with E-state index in [9.17, 15) is 9.90 Å². The summed E-state index contributed by atoms with van der Waals surface area (Å²) in [5.41, 5.74) is 2.43. The fourth-order valence-corrected chi connectivity index (χ4v) is 3.01. The molecule has 1 aromatic carbocycles. The Morgan fingerprint density at radius 2 is 1.67 bits per heavy atom. The van der Waals surface area contributed by atoms with Gasteiger partial charge in [0, 0.05) is 13.1 Å². The van der Waals surface area contributed by atoms with Crippen LogP contribution in [-0.2, 0) is 17.9 Å². The highest BCUT2D eigenvalue weighted by molar-refractivity contribution is 5.76. The van der Waals surface area contributed by atoms with Crippen molar-refractivity contribution in [3.05, 3.63) is 35.4 Å². The summed E-state index contributed by atoms with van der Waals surface area (Å²) in [4.78, 5) is 14.4. The Labute approximate surface area is 146 Å². The van der Waals surface area contributed by atoms with Gasteiger partial charge in [-0.05, 0) is 43.0 Å². The van der Waals surface area contributed by atoms with Gasteiger partial charge in [-0.25, -0.2) is 0 Å². The number of aliphatic hydroxyl groups is 1. The molecule has 2 rings (SSSR count). The normalized spacial score (nSPS) is 17.5. The Morgan fingerprint density at radius 1 is 1.08 bits per heavy atom. The molecule has 24 heavy (non-hydrogen) atoms. The first-order chi connectivity index (χ1) is 11.5. The van der Waals surface area contributed by atoms with Gasteiger partial charge >= 0.3 is 0 Å². The molecule has 1 atom stereocenters. The summed E-state index contributed by atoms with van der Waals surface area (Å²) in [5, 5.41) is 12.6. The number of carbonyl (C=O) groups excluding carboxylic acids is 1. The third-order valence-corrected chi connectivity index (χ3v) is 4.78. The van der Waals surface area contributed by atoms with Gasteiger partial charge in [-0.1, -0.05) is 51.0 Å². The zero-order valence-electron chi connectivity index (χ0n) is 15.1. The summed E-state index contributed by atoms with van der Waals surface area (Å²) >= 11 is 0. The number of nitrogens with zero attached hydrogens (tertiary/aromatic N) is 1. The highest BCUT2D eigenvalue weighted by Crippen LogP contribution is 2.14. The predicted octanol–water partition coefficient (Wildman–Crippen LogP) is 3.09. The van der Waals surface area contributed by atoms with Gasteiger partial charge in [0.2, 0.25) is 5.91 Å². The quantitative estimate of drug-likeness (QED) is 0.807. The SMILES string of the molecule is CC(C)C(O)CC(=O)NCc1ccc(CN2CCCCCC2)cc1. The van der Waals surface area contributed by atoms with Gasteiger partial charge in [0.1, 0.15) is 0 Å². The number of carbonyl (C=O) groups is 1. The molecule has 1 fully saturated rings. The monoisotopic (exact) mass is 332 g/mol. The van der Waals surface area contributed by atoms with Crippen LogP contribution in [0.2, 0.25) is 0 Å². The van der Waals surface area contributed by atoms with Crippen LogP contribution >= 0.6 is 0 Å². The number of hydrogen-bond acceptors (Lipinski definition) is 3. The maximum Gasteiger partial charge on any atom is 0.222 e. The van der Waals surface area contributed by atoms with Crippen LogP contribution in [0.3, 0.4) is 0 Å². The van der Waals surface area contributed by atoms with Crippen LogP contribution in [0, 0.1) is 5.92 Å². The van der Waals surface area contributed by atoms with Crippen LogP contribution in [0.5, 0.6) is 0 Å². The highest BCUT2D eigenvalue weighted by Gasteiger charge is 2.14. The second kappa shape index (κ2) is 9.80. The molecule has 4 heteroatoms. The molecule has 1 amide bonds. The van der Waals surface area contributed by atoms with Crippen LogP contribution in [-0.4, -0.2) is 35.1 Å². The summed E-state index contributed by atoms with van der Waals surface area (Å²) in [5.74, 6) is 0.0128. The van der Waals surface area contributed by atoms with Crippen molar-refractivity contribution in [3.63, 3.8) is 0 Å². The Morgan fingerprint density at radius 3 is 2.25 bits per heavy atom. The van der Waals surface area contributed by atoms with E-state index in [-0.39, 0.29) is 18.2 Å². The zero-order chi connectivity index (χ0) is 17.4. The molecule has 0 bridgehead atoms. The molecular formula is C20H32N2O2. The van der Waals surface area contributed by atoms with Gasteiger partial charge < -0.3 is 10.4 Å². The lowest BCUT2D eigenvalue weighted by Crippen LogP contribution is -2.29. The number of benzene rings is 1. The predicted molar refractivity (Wildman–Crippen MR) is 97.5 cm³/mol. The van der Waals surface area contributed by atoms with Crippen molar-refractivity contribution in [2.24, 2.45) is 5.92 Å². The van der Waals surface area contributed by atoms with E-state index in [2.05, 4.69) is 34.5 Å². The number of aliphatic hydroxyl groups excluding tert-OH is 1. The average Bonchev–Trinajstić information content (AvgIpc) is 2.83. The zero-order valence-corrected chi connectivity index (χ0v) is 15.1. The number of hydrogen-bond donors (Lipinski definition) is 2. The lowest BCUT2D eigenvalue weighted by molar-refractivity contribution is -0.123. The minimum Gasteiger partial charge on any atom is -0.392 e. The molecule has 2 N–H and O–H groups in total. The Bertz CT molecular complexity index is 491. The van der Waals surface area contributed by atoms with E-state index in [1.165, 1.54) is 44.3 Å². The van der Waals surface area contributed by atoms with Crippen LogP contribution in [0.4, 0.5) is 0 Å². The lowest BCUT2D eigenvalue weighted by Gasteiger charge is -2.19. The summed E-state index contributed by atoms with van der Waals surface area (Å²) in [6.07, 6.45) is 4.95. The van der Waals surface area contributed by atoms with Crippen molar-refractivity contribution in [1.29, 1.82) is 0 Å². The van der Waals surface area contributed by atoms with Crippen molar-refractivity contribution in [3.8, 4) is 0 Å². The van der Waals surface area contributed by atoms with E-state index in [0.717, 1.165) is 12.1 Å². The van der Waals surface area contributed by atoms with Gasteiger partial charge in [-0.2, -0.15) is 0 Å². The largest absolute Gasteiger partial charge is 0.392 e. The third kappa shape index (κ3) is 6.62. The van der Waals surface area contributed by atoms with Gasteiger partial charge in [-0.3, -0.25) is 9.69 Å². The number of nitrogens with one attached hydrogen (secondary N) is 1. The standard InChI is InChI=1S/C20H32N2O2/c1-16(2)19(23)13-20(24)21-14-17-7-9-18(10-8-17)15-22-11-5-3-4-6-12-22/h7-10,16,19,23H,3-6,11-15H2,1-2H3,(H,21,24). The average molecular weight is 332 g/mol. The first kappa shape index (κ1) is 18.9. The maximum atomic E-state index is 11.8. The van der Waals surface area contributed by atoms with Crippen LogP contribution < -0.4 is 5.32 Å². The number of rotatable bonds is 7. The molecule has 1 aromatic rings. The fourth-order valence-electron chi connectivity index (χ4n) is 3.01. The Kier molecular flexibility index (Phi) is 7.73. The Hall–Kier alpha value is -1.39. The highest BCUT2D eigenvalue weighted by atomic mass is 16.3. The molecule has 0 saturated carbocycles. The van der Waals surface area contributed by atoms with E-state index < -0.39 is 6.10 Å². The van der Waals surface area contributed by atoms with E-state index >= 15 is 0 Å². The smallest absolute Gasteiger partial charge is 0.222 e. The van der Waals surface area contributed by atoms with Gasteiger partial charge in [-0.15, -0.1) is 0 Å². The molecular weight excluding hydrogens is 300 g/mol. The van der Waals surface area contributed by atoms with Crippen molar-refractivity contribution >= 4 is 5.91 Å². The fraction of sp³-hybridized carbons (Fsp3) is 0.650. The van der Waals surface area contributed by atoms with Crippen LogP contribution in [0.1, 0.15) is 57.1 Å². The van der Waals surface area contributed by atoms with Crippen molar-refractivity contribution in [2.75, 3.05) is 13.1 Å². The van der Waals surface area contributed by atoms with E-state index in [0.29, 0.717) is 6.54 Å². The molecule has 1 heterocycles. The molecule has 1 unspecified atom stereocenters. The minimum atomic E-state index is -0.569. The second-order valence-electron chi connectivity index (χ2n) is 7.30. The molecule has 134 valence electrons. The molecule has 1 aliphatic heterocycles. The second-order valence-corrected chi connectivity index (χ2v) is 7.30. The van der Waals surface area contributed by atoms with Crippen LogP contribution in [0.25, 0.3) is 0 Å². The van der Waals surface area contributed by atoms with Crippen LogP contribution in [0.15, 0.2) is 24.3 Å². The van der Waals surface area contributed by atoms with E-state index in [4.69, 9.17) is 0 Å². The third-order valence-electron chi connectivity index (χ3n) is 4.78. The molecule has 1 saturated heterocycles. The van der Waals surface area contributed by atoms with Gasteiger partial charge in [0.25, 0.3) is 0 Å².